The Labute approximate surface area is 231 Å². The Morgan fingerprint density at radius 2 is 2.11 bits per heavy atom. The number of benzene rings is 1. The Kier molecular flexibility index (Phi) is 10.3. The monoisotopic (exact) mass is 543 g/mol. The minimum atomic E-state index is -0.900. The standard InChI is InChI=1S/C30H42ClN3O4/c1-20(2)16-22-17-27(37-3)25(18-26(22)31)28(30(35)36)34-14-12-24(19-34)38-15-6-4-5-9-23-11-10-21-8-7-13-32-29(21)33-23/h10-11,17-18,20,24,28H,4-9,12-16,19H2,1-3H3,(H,32,33)(H,35,36)/t24-,28-/m1/s1. The minimum absolute atomic E-state index is 0.0342. The lowest BCUT2D eigenvalue weighted by Crippen LogP contribution is -2.33. The molecule has 2 N–H and O–H groups in total. The molecule has 8 heteroatoms. The van der Waals surface area contributed by atoms with Crippen LogP contribution in [0.1, 0.15) is 74.4 Å². The molecule has 2 aromatic rings. The number of rotatable bonds is 13. The molecule has 0 amide bonds. The van der Waals surface area contributed by atoms with Gasteiger partial charge in [0.15, 0.2) is 0 Å². The van der Waals surface area contributed by atoms with E-state index in [1.807, 2.05) is 11.0 Å². The van der Waals surface area contributed by atoms with E-state index in [9.17, 15) is 9.90 Å². The number of hydrogen-bond donors (Lipinski definition) is 2. The fourth-order valence-corrected chi connectivity index (χ4v) is 5.80. The van der Waals surface area contributed by atoms with Crippen molar-refractivity contribution < 1.29 is 19.4 Å². The van der Waals surface area contributed by atoms with E-state index in [1.54, 1.807) is 13.2 Å². The molecule has 208 valence electrons. The highest BCUT2D eigenvalue weighted by Crippen LogP contribution is 2.37. The lowest BCUT2D eigenvalue weighted by Gasteiger charge is -2.27. The zero-order chi connectivity index (χ0) is 27.1. The first-order chi connectivity index (χ1) is 18.4. The van der Waals surface area contributed by atoms with Crippen LogP contribution in [0.4, 0.5) is 5.82 Å². The van der Waals surface area contributed by atoms with E-state index < -0.39 is 12.0 Å². The first-order valence-electron chi connectivity index (χ1n) is 14.0. The average Bonchev–Trinajstić information content (AvgIpc) is 3.35. The number of carboxylic acid groups (broad SMARTS) is 1. The number of nitrogens with one attached hydrogen (secondary N) is 1. The first kappa shape index (κ1) is 28.7. The number of hydrogen-bond acceptors (Lipinski definition) is 6. The summed E-state index contributed by atoms with van der Waals surface area (Å²) in [5.41, 5.74) is 4.06. The van der Waals surface area contributed by atoms with Crippen molar-refractivity contribution in [2.75, 3.05) is 38.7 Å². The number of aromatic nitrogens is 1. The van der Waals surface area contributed by atoms with E-state index in [2.05, 4.69) is 31.3 Å². The van der Waals surface area contributed by atoms with Gasteiger partial charge in [-0.15, -0.1) is 0 Å². The molecule has 2 atom stereocenters. The van der Waals surface area contributed by atoms with Crippen LogP contribution in [0.2, 0.25) is 5.02 Å². The van der Waals surface area contributed by atoms with Gasteiger partial charge in [-0.05, 0) is 80.2 Å². The second-order valence-electron chi connectivity index (χ2n) is 11.0. The molecular formula is C30H42ClN3O4. The fraction of sp³-hybridized carbons (Fsp3) is 0.600. The zero-order valence-electron chi connectivity index (χ0n) is 23.0. The van der Waals surface area contributed by atoms with E-state index in [0.29, 0.717) is 41.9 Å². The lowest BCUT2D eigenvalue weighted by atomic mass is 9.97. The SMILES string of the molecule is COc1cc(CC(C)C)c(Cl)cc1[C@H](C(=O)O)N1CC[C@@H](OCCCCCc2ccc3c(n2)NCCC3)C1. The highest BCUT2D eigenvalue weighted by molar-refractivity contribution is 6.31. The maximum atomic E-state index is 12.4. The molecule has 0 bridgehead atoms. The van der Waals surface area contributed by atoms with Gasteiger partial charge in [0.2, 0.25) is 0 Å². The van der Waals surface area contributed by atoms with Crippen LogP contribution in [-0.4, -0.2) is 60.4 Å². The molecule has 1 fully saturated rings. The van der Waals surface area contributed by atoms with Gasteiger partial charge in [0.05, 0.1) is 13.2 Å². The van der Waals surface area contributed by atoms with Gasteiger partial charge in [0, 0.05) is 42.5 Å². The number of carbonyl (C=O) groups is 1. The minimum Gasteiger partial charge on any atom is -0.496 e. The predicted molar refractivity (Wildman–Crippen MR) is 151 cm³/mol. The van der Waals surface area contributed by atoms with Crippen LogP contribution in [0, 0.1) is 5.92 Å². The highest BCUT2D eigenvalue weighted by atomic mass is 35.5. The van der Waals surface area contributed by atoms with Gasteiger partial charge in [-0.25, -0.2) is 4.98 Å². The predicted octanol–water partition coefficient (Wildman–Crippen LogP) is 5.93. The number of methoxy groups -OCH3 is 1. The quantitative estimate of drug-likeness (QED) is 0.303. The third kappa shape index (κ3) is 7.39. The molecule has 0 saturated carbocycles. The van der Waals surface area contributed by atoms with Gasteiger partial charge in [-0.2, -0.15) is 0 Å². The van der Waals surface area contributed by atoms with Crippen molar-refractivity contribution in [1.82, 2.24) is 9.88 Å². The summed E-state index contributed by atoms with van der Waals surface area (Å²) in [6.07, 6.45) is 8.09. The van der Waals surface area contributed by atoms with Gasteiger partial charge >= 0.3 is 5.97 Å². The number of halogens is 1. The first-order valence-corrected chi connectivity index (χ1v) is 14.4. The molecule has 4 rings (SSSR count). The molecule has 0 spiro atoms. The van der Waals surface area contributed by atoms with E-state index >= 15 is 0 Å². The van der Waals surface area contributed by atoms with Crippen LogP contribution in [-0.2, 0) is 28.8 Å². The topological polar surface area (TPSA) is 83.9 Å². The molecule has 0 unspecified atom stereocenters. The molecule has 2 aliphatic rings. The molecule has 7 nitrogen and oxygen atoms in total. The molecule has 38 heavy (non-hydrogen) atoms. The van der Waals surface area contributed by atoms with Crippen molar-refractivity contribution >= 4 is 23.4 Å². The number of aryl methyl sites for hydroxylation is 2. The number of unbranched alkanes of at least 4 members (excludes halogenated alkanes) is 2. The number of anilines is 1. The van der Waals surface area contributed by atoms with E-state index in [-0.39, 0.29) is 6.10 Å². The Morgan fingerprint density at radius 1 is 1.26 bits per heavy atom. The molecule has 0 aliphatic carbocycles. The fourth-order valence-electron chi connectivity index (χ4n) is 5.55. The van der Waals surface area contributed by atoms with Crippen molar-refractivity contribution in [3.63, 3.8) is 0 Å². The number of pyridine rings is 1. The third-order valence-electron chi connectivity index (χ3n) is 7.48. The van der Waals surface area contributed by atoms with Crippen LogP contribution in [0.3, 0.4) is 0 Å². The summed E-state index contributed by atoms with van der Waals surface area (Å²) in [6.45, 7) is 7.20. The largest absolute Gasteiger partial charge is 0.496 e. The van der Waals surface area contributed by atoms with Gasteiger partial charge in [-0.3, -0.25) is 9.69 Å². The van der Waals surface area contributed by atoms with Crippen molar-refractivity contribution in [3.8, 4) is 5.75 Å². The Balaban J connectivity index is 1.25. The van der Waals surface area contributed by atoms with Crippen molar-refractivity contribution in [2.24, 2.45) is 5.92 Å². The molecule has 0 radical (unpaired) electrons. The number of fused-ring (bicyclic) bond motifs is 1. The average molecular weight is 544 g/mol. The Bertz CT molecular complexity index is 1090. The second kappa shape index (κ2) is 13.6. The van der Waals surface area contributed by atoms with E-state index in [4.69, 9.17) is 26.1 Å². The number of likely N-dealkylation sites (tertiary alicyclic amines) is 1. The van der Waals surface area contributed by atoms with Gasteiger partial charge in [0.1, 0.15) is 17.6 Å². The van der Waals surface area contributed by atoms with Crippen molar-refractivity contribution in [2.45, 2.75) is 77.4 Å². The van der Waals surface area contributed by atoms with Crippen LogP contribution in [0.25, 0.3) is 0 Å². The Hall–Kier alpha value is -2.35. The lowest BCUT2D eigenvalue weighted by molar-refractivity contribution is -0.143. The van der Waals surface area contributed by atoms with E-state index in [0.717, 1.165) is 68.6 Å². The number of aliphatic carboxylic acids is 1. The summed E-state index contributed by atoms with van der Waals surface area (Å²) in [4.78, 5) is 19.1. The third-order valence-corrected chi connectivity index (χ3v) is 7.83. The summed E-state index contributed by atoms with van der Waals surface area (Å²) >= 11 is 6.57. The summed E-state index contributed by atoms with van der Waals surface area (Å²) in [5.74, 6) is 1.18. The second-order valence-corrected chi connectivity index (χ2v) is 11.4. The van der Waals surface area contributed by atoms with Crippen LogP contribution in [0.15, 0.2) is 24.3 Å². The molecule has 1 saturated heterocycles. The van der Waals surface area contributed by atoms with Crippen molar-refractivity contribution in [1.29, 1.82) is 0 Å². The summed E-state index contributed by atoms with van der Waals surface area (Å²) < 4.78 is 11.8. The van der Waals surface area contributed by atoms with Crippen LogP contribution in [0.5, 0.6) is 5.75 Å². The molecule has 1 aromatic heterocycles. The van der Waals surface area contributed by atoms with Gasteiger partial charge in [0.25, 0.3) is 0 Å². The normalized spacial score (nSPS) is 18.3. The molecule has 2 aliphatic heterocycles. The summed E-state index contributed by atoms with van der Waals surface area (Å²) in [6, 6.07) is 7.23. The molecular weight excluding hydrogens is 502 g/mol. The van der Waals surface area contributed by atoms with Crippen LogP contribution >= 0.6 is 11.6 Å². The summed E-state index contributed by atoms with van der Waals surface area (Å²) in [7, 11) is 1.58. The number of ether oxygens (including phenoxy) is 2. The highest BCUT2D eigenvalue weighted by Gasteiger charge is 2.36. The maximum absolute atomic E-state index is 12.4. The maximum Gasteiger partial charge on any atom is 0.325 e. The summed E-state index contributed by atoms with van der Waals surface area (Å²) in [5, 5.41) is 14.1. The van der Waals surface area contributed by atoms with Crippen molar-refractivity contribution in [3.05, 3.63) is 51.7 Å². The molecule has 1 aromatic carbocycles. The number of carboxylic acids is 1. The smallest absolute Gasteiger partial charge is 0.325 e. The number of nitrogens with zero attached hydrogens (tertiary/aromatic N) is 2. The van der Waals surface area contributed by atoms with E-state index in [1.165, 1.54) is 12.0 Å². The molecule has 3 heterocycles. The Morgan fingerprint density at radius 3 is 2.87 bits per heavy atom. The zero-order valence-corrected chi connectivity index (χ0v) is 23.7. The van der Waals surface area contributed by atoms with Crippen LogP contribution < -0.4 is 10.1 Å². The van der Waals surface area contributed by atoms with Gasteiger partial charge < -0.3 is 19.9 Å². The van der Waals surface area contributed by atoms with Gasteiger partial charge in [-0.1, -0.05) is 37.9 Å².